The van der Waals surface area contributed by atoms with Gasteiger partial charge in [-0.25, -0.2) is 0 Å². The van der Waals surface area contributed by atoms with E-state index in [1.165, 1.54) is 31.9 Å². The second-order valence-corrected chi connectivity index (χ2v) is 16.6. The molecule has 0 saturated heterocycles. The van der Waals surface area contributed by atoms with Crippen LogP contribution in [0.1, 0.15) is 91.9 Å². The molecule has 0 aromatic heterocycles. The molecule has 5 heteroatoms. The van der Waals surface area contributed by atoms with E-state index in [4.69, 9.17) is 9.16 Å². The molecule has 0 spiro atoms. The van der Waals surface area contributed by atoms with Crippen molar-refractivity contribution >= 4 is 14.3 Å². The van der Waals surface area contributed by atoms with E-state index in [-0.39, 0.29) is 29.1 Å². The predicted octanol–water partition coefficient (Wildman–Crippen LogP) is 7.19. The molecule has 1 fully saturated rings. The van der Waals surface area contributed by atoms with E-state index in [1.807, 2.05) is 0 Å². The molecule has 0 aromatic carbocycles. The summed E-state index contributed by atoms with van der Waals surface area (Å²) in [4.78, 5) is 11.3. The Labute approximate surface area is 204 Å². The van der Waals surface area contributed by atoms with Gasteiger partial charge in [-0.3, -0.25) is 4.79 Å². The Hall–Kier alpha value is -0.913. The first kappa shape index (κ1) is 28.3. The highest BCUT2D eigenvalue weighted by Gasteiger charge is 2.43. The number of allylic oxidation sites excluding steroid dienone is 2. The average molecular weight is 479 g/mol. The number of fused-ring (bicyclic) bond motifs is 1. The zero-order valence-electron chi connectivity index (χ0n) is 22.4. The summed E-state index contributed by atoms with van der Waals surface area (Å²) >= 11 is 0. The number of hydrogen-bond acceptors (Lipinski definition) is 4. The summed E-state index contributed by atoms with van der Waals surface area (Å²) in [5.41, 5.74) is 1.51. The van der Waals surface area contributed by atoms with Gasteiger partial charge in [-0.1, -0.05) is 70.8 Å². The van der Waals surface area contributed by atoms with Gasteiger partial charge in [-0.15, -0.1) is 0 Å². The van der Waals surface area contributed by atoms with Crippen molar-refractivity contribution in [2.45, 2.75) is 122 Å². The van der Waals surface area contributed by atoms with E-state index in [9.17, 15) is 9.90 Å². The fourth-order valence-electron chi connectivity index (χ4n) is 5.11. The van der Waals surface area contributed by atoms with Gasteiger partial charge < -0.3 is 14.3 Å². The number of aliphatic hydroxyl groups excluding tert-OH is 1. The molecule has 1 N–H and O–H groups in total. The number of carbonyl (C=O) groups is 1. The van der Waals surface area contributed by atoms with Gasteiger partial charge >= 0.3 is 5.97 Å². The normalized spacial score (nSPS) is 26.5. The number of unbranched alkanes of at least 4 members (excludes halogenated alkanes) is 3. The number of rotatable bonds is 13. The summed E-state index contributed by atoms with van der Waals surface area (Å²) in [5, 5.41) is 11.0. The Morgan fingerprint density at radius 3 is 2.61 bits per heavy atom. The van der Waals surface area contributed by atoms with Crippen LogP contribution in [0.5, 0.6) is 0 Å². The van der Waals surface area contributed by atoms with E-state index in [2.05, 4.69) is 59.0 Å². The topological polar surface area (TPSA) is 55.8 Å². The van der Waals surface area contributed by atoms with Crippen molar-refractivity contribution in [3.05, 3.63) is 23.8 Å². The van der Waals surface area contributed by atoms with E-state index in [1.54, 1.807) is 0 Å². The quantitative estimate of drug-likeness (QED) is 0.132. The highest BCUT2D eigenvalue weighted by molar-refractivity contribution is 6.74. The minimum Gasteiger partial charge on any atom is -0.469 e. The number of ether oxygens (including phenoxy) is 1. The van der Waals surface area contributed by atoms with Crippen molar-refractivity contribution in [1.82, 2.24) is 0 Å². The number of esters is 1. The number of methoxy groups -OCH3 is 1. The fraction of sp³-hybridized carbons (Fsp3) is 0.821. The zero-order chi connectivity index (χ0) is 24.6. The number of carbonyl (C=O) groups excluding carboxylic acids is 1. The van der Waals surface area contributed by atoms with Crippen LogP contribution in [-0.2, 0) is 14.0 Å². The molecule has 1 saturated carbocycles. The molecule has 2 aliphatic rings. The average Bonchev–Trinajstić information content (AvgIpc) is 3.24. The number of aliphatic hydroxyl groups is 1. The summed E-state index contributed by atoms with van der Waals surface area (Å²) in [6.45, 7) is 13.8. The van der Waals surface area contributed by atoms with Gasteiger partial charge in [-0.05, 0) is 68.5 Å². The Morgan fingerprint density at radius 2 is 1.97 bits per heavy atom. The lowest BCUT2D eigenvalue weighted by Crippen LogP contribution is -2.43. The molecule has 4 nitrogen and oxygen atoms in total. The minimum absolute atomic E-state index is 0.117. The Morgan fingerprint density at radius 1 is 1.24 bits per heavy atom. The summed E-state index contributed by atoms with van der Waals surface area (Å²) in [6, 6.07) is 0. The van der Waals surface area contributed by atoms with Crippen LogP contribution < -0.4 is 0 Å². The fourth-order valence-corrected chi connectivity index (χ4v) is 6.42. The van der Waals surface area contributed by atoms with Gasteiger partial charge in [0, 0.05) is 12.3 Å². The summed E-state index contributed by atoms with van der Waals surface area (Å²) in [6.07, 6.45) is 17.1. The second-order valence-electron chi connectivity index (χ2n) is 11.8. The van der Waals surface area contributed by atoms with Gasteiger partial charge in [0.1, 0.15) is 0 Å². The maximum absolute atomic E-state index is 11.3. The van der Waals surface area contributed by atoms with Gasteiger partial charge in [0.2, 0.25) is 0 Å². The molecule has 0 aliphatic heterocycles. The highest BCUT2D eigenvalue weighted by atomic mass is 28.4. The largest absolute Gasteiger partial charge is 0.469 e. The monoisotopic (exact) mass is 478 g/mol. The second kappa shape index (κ2) is 12.7. The van der Waals surface area contributed by atoms with Crippen LogP contribution >= 0.6 is 0 Å². The van der Waals surface area contributed by atoms with Crippen molar-refractivity contribution in [1.29, 1.82) is 0 Å². The van der Waals surface area contributed by atoms with E-state index in [0.29, 0.717) is 18.3 Å². The van der Waals surface area contributed by atoms with E-state index < -0.39 is 8.32 Å². The van der Waals surface area contributed by atoms with Crippen LogP contribution in [0, 0.1) is 17.8 Å². The van der Waals surface area contributed by atoms with Crippen LogP contribution in [-0.4, -0.2) is 38.7 Å². The molecule has 0 amide bonds. The number of hydrogen-bond donors (Lipinski definition) is 1. The third-order valence-electron chi connectivity index (χ3n) is 8.20. The van der Waals surface area contributed by atoms with Crippen molar-refractivity contribution in [2.75, 3.05) is 7.11 Å². The standard InChI is InChI=1S/C28H50O4Si/c1-8-9-10-14-23(32-33(6,7)28(2,3)4)16-17-24-25-19-21(18-22(25)20-26(24)29)13-11-12-15-27(30)31-5/h16-18,22-26,29H,8-15,19-20H2,1-7H3/t22-,23-,24+,25-,26+/m1/s1. The first-order chi connectivity index (χ1) is 15.5. The van der Waals surface area contributed by atoms with E-state index >= 15 is 0 Å². The zero-order valence-corrected chi connectivity index (χ0v) is 23.4. The molecule has 0 unspecified atom stereocenters. The SMILES string of the molecule is CCCCC[C@H](C=C[C@H]1[C@@H]2CC(CCCCC(=O)OC)=C[C@@H]2C[C@@H]1O)O[Si](C)(C)C(C)(C)C. The lowest BCUT2D eigenvalue weighted by atomic mass is 9.88. The van der Waals surface area contributed by atoms with E-state index in [0.717, 1.165) is 38.5 Å². The summed E-state index contributed by atoms with van der Waals surface area (Å²) < 4.78 is 11.5. The third-order valence-corrected chi connectivity index (χ3v) is 12.7. The van der Waals surface area contributed by atoms with Gasteiger partial charge in [0.15, 0.2) is 8.32 Å². The summed E-state index contributed by atoms with van der Waals surface area (Å²) in [7, 11) is -0.394. The van der Waals surface area contributed by atoms with Crippen molar-refractivity contribution in [2.24, 2.45) is 17.8 Å². The molecular weight excluding hydrogens is 428 g/mol. The van der Waals surface area contributed by atoms with Gasteiger partial charge in [0.05, 0.1) is 19.3 Å². The van der Waals surface area contributed by atoms with Crippen LogP contribution in [0.15, 0.2) is 23.8 Å². The van der Waals surface area contributed by atoms with Crippen molar-refractivity contribution < 1.29 is 19.1 Å². The first-order valence-electron chi connectivity index (χ1n) is 13.3. The van der Waals surface area contributed by atoms with Crippen LogP contribution in [0.3, 0.4) is 0 Å². The molecule has 190 valence electrons. The van der Waals surface area contributed by atoms with Gasteiger partial charge in [-0.2, -0.15) is 0 Å². The molecular formula is C28H50O4Si. The van der Waals surface area contributed by atoms with Crippen LogP contribution in [0.2, 0.25) is 18.1 Å². The molecule has 2 rings (SSSR count). The highest BCUT2D eigenvalue weighted by Crippen LogP contribution is 2.48. The van der Waals surface area contributed by atoms with Crippen molar-refractivity contribution in [3.63, 3.8) is 0 Å². The maximum Gasteiger partial charge on any atom is 0.305 e. The lowest BCUT2D eigenvalue weighted by Gasteiger charge is -2.39. The van der Waals surface area contributed by atoms with Gasteiger partial charge in [0.25, 0.3) is 0 Å². The molecule has 33 heavy (non-hydrogen) atoms. The van der Waals surface area contributed by atoms with Crippen LogP contribution in [0.4, 0.5) is 0 Å². The molecule has 0 aromatic rings. The Balaban J connectivity index is 1.97. The molecule has 0 heterocycles. The predicted molar refractivity (Wildman–Crippen MR) is 140 cm³/mol. The molecule has 0 radical (unpaired) electrons. The lowest BCUT2D eigenvalue weighted by molar-refractivity contribution is -0.140. The maximum atomic E-state index is 11.3. The Bertz CT molecular complexity index is 676. The smallest absolute Gasteiger partial charge is 0.305 e. The minimum atomic E-state index is -1.85. The summed E-state index contributed by atoms with van der Waals surface area (Å²) in [5.74, 6) is 1.10. The Kier molecular flexibility index (Phi) is 10.9. The van der Waals surface area contributed by atoms with Crippen LogP contribution in [0.25, 0.3) is 0 Å². The first-order valence-corrected chi connectivity index (χ1v) is 16.2. The molecule has 0 bridgehead atoms. The third kappa shape index (κ3) is 8.36. The van der Waals surface area contributed by atoms with Crippen molar-refractivity contribution in [3.8, 4) is 0 Å². The molecule has 2 aliphatic carbocycles. The molecule has 5 atom stereocenters.